The predicted octanol–water partition coefficient (Wildman–Crippen LogP) is 11.3. The lowest BCUT2D eigenvalue weighted by molar-refractivity contribution is 0.418. The Kier molecular flexibility index (Phi) is 7.74. The van der Waals surface area contributed by atoms with Gasteiger partial charge < -0.3 is 15.5 Å². The van der Waals surface area contributed by atoms with E-state index in [2.05, 4.69) is 211 Å². The minimum Gasteiger partial charge on any atom is -0.380 e. The SMILES string of the molecule is CC1(C)c2ccccc2-c2ccc(C3NC(C4=CC=C(c5ccc6c(c5)C=Cc5ccccc5N6c5ccccc5)NC4)=CC(c4ccccc4)N3)cc21. The highest BCUT2D eigenvalue weighted by Crippen LogP contribution is 2.49. The fourth-order valence-corrected chi connectivity index (χ4v) is 8.70. The first-order chi connectivity index (χ1) is 26.5. The average Bonchev–Trinajstić information content (AvgIpc) is 3.34. The zero-order valence-electron chi connectivity index (χ0n) is 30.6. The van der Waals surface area contributed by atoms with Crippen molar-refractivity contribution in [2.24, 2.45) is 0 Å². The van der Waals surface area contributed by atoms with Crippen LogP contribution < -0.4 is 20.9 Å². The summed E-state index contributed by atoms with van der Waals surface area (Å²) in [6.45, 7) is 5.42. The molecule has 2 unspecified atom stereocenters. The summed E-state index contributed by atoms with van der Waals surface area (Å²) in [6, 6.07) is 52.8. The van der Waals surface area contributed by atoms with Crippen LogP contribution in [0.15, 0.2) is 175 Å². The molecule has 0 fully saturated rings. The zero-order chi connectivity index (χ0) is 36.2. The van der Waals surface area contributed by atoms with E-state index in [0.717, 1.165) is 23.6 Å². The number of benzene rings is 6. The molecule has 4 heteroatoms. The number of dihydropyridines is 1. The topological polar surface area (TPSA) is 39.3 Å². The molecule has 0 bridgehead atoms. The van der Waals surface area contributed by atoms with Gasteiger partial charge in [-0.05, 0) is 98.1 Å². The Morgan fingerprint density at radius 1 is 0.593 bits per heavy atom. The summed E-state index contributed by atoms with van der Waals surface area (Å²) in [4.78, 5) is 2.37. The number of hydrogen-bond acceptors (Lipinski definition) is 4. The van der Waals surface area contributed by atoms with Crippen molar-refractivity contribution >= 4 is 34.9 Å². The van der Waals surface area contributed by atoms with Gasteiger partial charge in [-0.25, -0.2) is 0 Å². The molecule has 0 aromatic heterocycles. The van der Waals surface area contributed by atoms with Crippen molar-refractivity contribution in [2.75, 3.05) is 11.4 Å². The second kappa shape index (κ2) is 12.9. The molecule has 10 rings (SSSR count). The first-order valence-corrected chi connectivity index (χ1v) is 19.0. The maximum Gasteiger partial charge on any atom is 0.104 e. The van der Waals surface area contributed by atoms with Gasteiger partial charge in [0.25, 0.3) is 0 Å². The molecule has 6 aromatic carbocycles. The Morgan fingerprint density at radius 2 is 1.31 bits per heavy atom. The molecule has 0 saturated carbocycles. The van der Waals surface area contributed by atoms with Crippen LogP contribution in [0.25, 0.3) is 29.0 Å². The van der Waals surface area contributed by atoms with E-state index in [0.29, 0.717) is 0 Å². The number of hydrogen-bond donors (Lipinski definition) is 3. The summed E-state index contributed by atoms with van der Waals surface area (Å²) in [5.74, 6) is 0. The minimum absolute atomic E-state index is 0.0550. The molecule has 54 heavy (non-hydrogen) atoms. The van der Waals surface area contributed by atoms with Gasteiger partial charge in [0.15, 0.2) is 0 Å². The average molecular weight is 699 g/mol. The normalized spacial score (nSPS) is 19.1. The first-order valence-electron chi connectivity index (χ1n) is 19.0. The van der Waals surface area contributed by atoms with Gasteiger partial charge >= 0.3 is 0 Å². The first kappa shape index (κ1) is 32.3. The van der Waals surface area contributed by atoms with Crippen LogP contribution in [0, 0.1) is 0 Å². The number of anilines is 3. The lowest BCUT2D eigenvalue weighted by atomic mass is 9.82. The van der Waals surface area contributed by atoms with E-state index in [-0.39, 0.29) is 17.6 Å². The number of allylic oxidation sites excluding steroid dienone is 2. The molecule has 0 spiro atoms. The molecule has 3 heterocycles. The number of para-hydroxylation sites is 2. The van der Waals surface area contributed by atoms with E-state index in [9.17, 15) is 0 Å². The van der Waals surface area contributed by atoms with Gasteiger partial charge in [0.05, 0.1) is 17.4 Å². The Morgan fingerprint density at radius 3 is 2.15 bits per heavy atom. The largest absolute Gasteiger partial charge is 0.380 e. The molecular formula is C50H42N4. The third-order valence-electron chi connectivity index (χ3n) is 11.6. The summed E-state index contributed by atoms with van der Waals surface area (Å²) in [7, 11) is 0. The summed E-state index contributed by atoms with van der Waals surface area (Å²) >= 11 is 0. The van der Waals surface area contributed by atoms with Crippen molar-refractivity contribution in [2.45, 2.75) is 31.5 Å². The molecule has 2 atom stereocenters. The van der Waals surface area contributed by atoms with Crippen LogP contribution in [0.3, 0.4) is 0 Å². The Hall–Kier alpha value is -6.36. The monoisotopic (exact) mass is 698 g/mol. The van der Waals surface area contributed by atoms with Crippen LogP contribution in [-0.2, 0) is 5.41 Å². The number of nitrogens with one attached hydrogen (secondary N) is 3. The second-order valence-electron chi connectivity index (χ2n) is 15.2. The van der Waals surface area contributed by atoms with Gasteiger partial charge in [0, 0.05) is 29.0 Å². The van der Waals surface area contributed by atoms with Crippen molar-refractivity contribution in [3.63, 3.8) is 0 Å². The molecule has 4 nitrogen and oxygen atoms in total. The van der Waals surface area contributed by atoms with Gasteiger partial charge in [-0.3, -0.25) is 5.32 Å². The van der Waals surface area contributed by atoms with E-state index in [1.165, 1.54) is 67.0 Å². The summed E-state index contributed by atoms with van der Waals surface area (Å²) in [5, 5.41) is 11.6. The maximum atomic E-state index is 3.92. The van der Waals surface area contributed by atoms with Crippen LogP contribution >= 0.6 is 0 Å². The van der Waals surface area contributed by atoms with Gasteiger partial charge in [-0.1, -0.05) is 147 Å². The Balaban J connectivity index is 0.975. The highest BCUT2D eigenvalue weighted by atomic mass is 15.2. The van der Waals surface area contributed by atoms with Gasteiger partial charge in [-0.2, -0.15) is 0 Å². The fourth-order valence-electron chi connectivity index (χ4n) is 8.70. The van der Waals surface area contributed by atoms with Gasteiger partial charge in [0.1, 0.15) is 6.17 Å². The number of fused-ring (bicyclic) bond motifs is 5. The van der Waals surface area contributed by atoms with Crippen molar-refractivity contribution in [3.05, 3.63) is 214 Å². The smallest absolute Gasteiger partial charge is 0.104 e. The maximum absolute atomic E-state index is 3.92. The standard InChI is InChI=1S/C50H42N4/c1-50(2)42-19-11-10-18-40(42)41-26-23-37(30-43(41)50)49-52-45(33-13-5-3-6-14-33)31-46(53-49)38-24-27-44(51-32-38)35-25-28-48-36(29-35)22-21-34-15-9-12-20-47(34)54(48)39-16-7-4-8-17-39/h3-31,45,49,51-53H,32H2,1-2H3. The molecule has 0 radical (unpaired) electrons. The van der Waals surface area contributed by atoms with Crippen LogP contribution in [0.2, 0.25) is 0 Å². The van der Waals surface area contributed by atoms with E-state index < -0.39 is 0 Å². The van der Waals surface area contributed by atoms with Gasteiger partial charge in [0.2, 0.25) is 0 Å². The van der Waals surface area contributed by atoms with Crippen LogP contribution in [0.1, 0.15) is 65.0 Å². The molecule has 0 amide bonds. The third-order valence-corrected chi connectivity index (χ3v) is 11.6. The molecule has 3 aliphatic heterocycles. The summed E-state index contributed by atoms with van der Waals surface area (Å²) < 4.78 is 0. The predicted molar refractivity (Wildman–Crippen MR) is 224 cm³/mol. The van der Waals surface area contributed by atoms with Crippen LogP contribution in [0.5, 0.6) is 0 Å². The Labute approximate surface area is 317 Å². The summed E-state index contributed by atoms with van der Waals surface area (Å²) in [6.07, 6.45) is 11.3. The molecule has 3 N–H and O–H groups in total. The van der Waals surface area contributed by atoms with E-state index >= 15 is 0 Å². The molecular weight excluding hydrogens is 657 g/mol. The van der Waals surface area contributed by atoms with Crippen molar-refractivity contribution in [1.29, 1.82) is 0 Å². The number of rotatable bonds is 5. The van der Waals surface area contributed by atoms with Crippen molar-refractivity contribution in [1.82, 2.24) is 16.0 Å². The lowest BCUT2D eigenvalue weighted by Gasteiger charge is -2.35. The lowest BCUT2D eigenvalue weighted by Crippen LogP contribution is -2.41. The van der Waals surface area contributed by atoms with Crippen LogP contribution in [-0.4, -0.2) is 6.54 Å². The van der Waals surface area contributed by atoms with Gasteiger partial charge in [-0.15, -0.1) is 0 Å². The Bertz CT molecular complexity index is 2540. The highest BCUT2D eigenvalue weighted by molar-refractivity contribution is 5.94. The zero-order valence-corrected chi connectivity index (χ0v) is 30.6. The minimum atomic E-state index is -0.0562. The molecule has 1 aliphatic carbocycles. The number of nitrogens with zero attached hydrogens (tertiary/aromatic N) is 1. The molecule has 0 saturated heterocycles. The summed E-state index contributed by atoms with van der Waals surface area (Å²) in [5.41, 5.74) is 18.5. The highest BCUT2D eigenvalue weighted by Gasteiger charge is 2.36. The van der Waals surface area contributed by atoms with E-state index in [4.69, 9.17) is 0 Å². The third kappa shape index (κ3) is 5.50. The van der Waals surface area contributed by atoms with Crippen molar-refractivity contribution in [3.8, 4) is 11.1 Å². The molecule has 262 valence electrons. The van der Waals surface area contributed by atoms with Crippen LogP contribution in [0.4, 0.5) is 17.1 Å². The van der Waals surface area contributed by atoms with E-state index in [1.807, 2.05) is 0 Å². The van der Waals surface area contributed by atoms with Crippen molar-refractivity contribution < 1.29 is 0 Å². The van der Waals surface area contributed by atoms with E-state index in [1.54, 1.807) is 0 Å². The fraction of sp³-hybridized carbons (Fsp3) is 0.120. The molecule has 4 aliphatic rings. The quantitative estimate of drug-likeness (QED) is 0.167. The molecule has 6 aromatic rings. The second-order valence-corrected chi connectivity index (χ2v) is 15.2.